The number of esters is 2. The van der Waals surface area contributed by atoms with E-state index < -0.39 is 0 Å². The molecule has 1 rings (SSSR count). The van der Waals surface area contributed by atoms with Crippen LogP contribution in [-0.4, -0.2) is 11.9 Å². The molecule has 0 fully saturated rings. The van der Waals surface area contributed by atoms with E-state index in [1.165, 1.54) is 0 Å². The van der Waals surface area contributed by atoms with Gasteiger partial charge in [0.2, 0.25) is 0 Å². The van der Waals surface area contributed by atoms with E-state index in [9.17, 15) is 9.59 Å². The second-order valence-corrected chi connectivity index (χ2v) is 8.48. The average molecular weight is 391 g/mol. The molecule has 0 atom stereocenters. The maximum Gasteiger partial charge on any atom is 0.311 e. The Morgan fingerprint density at radius 3 is 1.71 bits per heavy atom. The minimum absolute atomic E-state index is 0.0923. The molecule has 0 saturated carbocycles. The van der Waals surface area contributed by atoms with Crippen molar-refractivity contribution in [3.63, 3.8) is 0 Å². The normalized spacial score (nSPS) is 11.3. The van der Waals surface area contributed by atoms with E-state index in [0.29, 0.717) is 24.3 Å². The van der Waals surface area contributed by atoms with Crippen LogP contribution < -0.4 is 9.47 Å². The molecule has 4 nitrogen and oxygen atoms in total. The molecule has 0 aliphatic heterocycles. The Kier molecular flexibility index (Phi) is 10.9. The molecule has 0 bridgehead atoms. The van der Waals surface area contributed by atoms with Crippen molar-refractivity contribution in [1.82, 2.24) is 0 Å². The molecule has 28 heavy (non-hydrogen) atoms. The highest BCUT2D eigenvalue weighted by atomic mass is 16.6. The second-order valence-electron chi connectivity index (χ2n) is 8.48. The highest BCUT2D eigenvalue weighted by Crippen LogP contribution is 2.34. The first-order chi connectivity index (χ1) is 13.3. The zero-order chi connectivity index (χ0) is 21.0. The van der Waals surface area contributed by atoms with Crippen molar-refractivity contribution in [3.05, 3.63) is 23.8 Å². The van der Waals surface area contributed by atoms with Gasteiger partial charge in [-0.2, -0.15) is 0 Å². The average Bonchev–Trinajstić information content (AvgIpc) is 2.63. The van der Waals surface area contributed by atoms with Crippen molar-refractivity contribution in [3.8, 4) is 11.5 Å². The van der Waals surface area contributed by atoms with Gasteiger partial charge < -0.3 is 9.47 Å². The lowest BCUT2D eigenvalue weighted by Gasteiger charge is -2.21. The third-order valence-electron chi connectivity index (χ3n) is 4.73. The fraction of sp³-hybridized carbons (Fsp3) is 0.667. The highest BCUT2D eigenvalue weighted by Gasteiger charge is 2.20. The SMILES string of the molecule is CCCCCCC(=O)Oc1ccc(C(C)(C)C)cc1OC(=O)CCCCCC. The molecule has 0 aliphatic rings. The third kappa shape index (κ3) is 9.38. The Morgan fingerprint density at radius 1 is 0.750 bits per heavy atom. The molecule has 1 aromatic carbocycles. The number of hydrogen-bond donors (Lipinski definition) is 0. The topological polar surface area (TPSA) is 52.6 Å². The molecule has 0 aromatic heterocycles. The van der Waals surface area contributed by atoms with Gasteiger partial charge in [0.05, 0.1) is 0 Å². The lowest BCUT2D eigenvalue weighted by molar-refractivity contribution is -0.137. The lowest BCUT2D eigenvalue weighted by Crippen LogP contribution is -2.15. The number of ether oxygens (including phenoxy) is 2. The smallest absolute Gasteiger partial charge is 0.311 e. The van der Waals surface area contributed by atoms with Crippen LogP contribution >= 0.6 is 0 Å². The molecular weight excluding hydrogens is 352 g/mol. The van der Waals surface area contributed by atoms with E-state index in [1.54, 1.807) is 6.07 Å². The van der Waals surface area contributed by atoms with E-state index >= 15 is 0 Å². The van der Waals surface area contributed by atoms with Gasteiger partial charge in [0.15, 0.2) is 11.5 Å². The summed E-state index contributed by atoms with van der Waals surface area (Å²) in [5.74, 6) is 0.118. The van der Waals surface area contributed by atoms with Gasteiger partial charge in [-0.3, -0.25) is 9.59 Å². The van der Waals surface area contributed by atoms with Gasteiger partial charge in [-0.05, 0) is 36.0 Å². The minimum atomic E-state index is -0.278. The van der Waals surface area contributed by atoms with Gasteiger partial charge in [0.25, 0.3) is 0 Å². The molecule has 0 aliphatic carbocycles. The van der Waals surface area contributed by atoms with Crippen LogP contribution in [0.15, 0.2) is 18.2 Å². The van der Waals surface area contributed by atoms with E-state index in [-0.39, 0.29) is 17.4 Å². The van der Waals surface area contributed by atoms with Crippen LogP contribution in [0.3, 0.4) is 0 Å². The maximum absolute atomic E-state index is 12.3. The largest absolute Gasteiger partial charge is 0.423 e. The van der Waals surface area contributed by atoms with Crippen molar-refractivity contribution < 1.29 is 19.1 Å². The summed E-state index contributed by atoms with van der Waals surface area (Å²) in [6, 6.07) is 5.49. The summed E-state index contributed by atoms with van der Waals surface area (Å²) < 4.78 is 11.1. The number of benzene rings is 1. The standard InChI is InChI=1S/C24H38O4/c1-6-8-10-12-14-22(25)27-20-17-16-19(24(3,4)5)18-21(20)28-23(26)15-13-11-9-7-2/h16-18H,6-15H2,1-5H3. The number of rotatable bonds is 12. The Labute approximate surface area is 171 Å². The molecule has 158 valence electrons. The molecule has 0 radical (unpaired) electrons. The lowest BCUT2D eigenvalue weighted by atomic mass is 9.87. The van der Waals surface area contributed by atoms with Crippen LogP contribution in [0.25, 0.3) is 0 Å². The van der Waals surface area contributed by atoms with Crippen LogP contribution in [0.5, 0.6) is 11.5 Å². The summed E-state index contributed by atoms with van der Waals surface area (Å²) in [7, 11) is 0. The first-order valence-corrected chi connectivity index (χ1v) is 10.8. The van der Waals surface area contributed by atoms with E-state index in [0.717, 1.165) is 56.9 Å². The van der Waals surface area contributed by atoms with E-state index in [4.69, 9.17) is 9.47 Å². The fourth-order valence-corrected chi connectivity index (χ4v) is 2.88. The summed E-state index contributed by atoms with van der Waals surface area (Å²) in [5, 5.41) is 0. The van der Waals surface area contributed by atoms with Crippen LogP contribution in [0.1, 0.15) is 104 Å². The van der Waals surface area contributed by atoms with Gasteiger partial charge in [0, 0.05) is 12.8 Å². The number of hydrogen-bond acceptors (Lipinski definition) is 4. The second kappa shape index (κ2) is 12.6. The molecule has 0 amide bonds. The fourth-order valence-electron chi connectivity index (χ4n) is 2.88. The Bertz CT molecular complexity index is 614. The molecule has 0 N–H and O–H groups in total. The predicted molar refractivity (Wildman–Crippen MR) is 114 cm³/mol. The van der Waals surface area contributed by atoms with Crippen LogP contribution in [0, 0.1) is 0 Å². The Hall–Kier alpha value is -1.84. The van der Waals surface area contributed by atoms with Gasteiger partial charge >= 0.3 is 11.9 Å². The van der Waals surface area contributed by atoms with Crippen molar-refractivity contribution in [2.24, 2.45) is 0 Å². The minimum Gasteiger partial charge on any atom is -0.423 e. The Morgan fingerprint density at radius 2 is 1.25 bits per heavy atom. The number of carbonyl (C=O) groups excluding carboxylic acids is 2. The summed E-state index contributed by atoms with van der Waals surface area (Å²) in [6.07, 6.45) is 8.93. The zero-order valence-electron chi connectivity index (χ0n) is 18.4. The zero-order valence-corrected chi connectivity index (χ0v) is 18.4. The van der Waals surface area contributed by atoms with Crippen LogP contribution in [-0.2, 0) is 15.0 Å². The van der Waals surface area contributed by atoms with Crippen molar-refractivity contribution in [2.45, 2.75) is 104 Å². The van der Waals surface area contributed by atoms with Gasteiger partial charge in [-0.25, -0.2) is 0 Å². The van der Waals surface area contributed by atoms with Crippen molar-refractivity contribution in [1.29, 1.82) is 0 Å². The van der Waals surface area contributed by atoms with Gasteiger partial charge in [-0.15, -0.1) is 0 Å². The van der Waals surface area contributed by atoms with Gasteiger partial charge in [-0.1, -0.05) is 79.2 Å². The Balaban J connectivity index is 2.81. The van der Waals surface area contributed by atoms with Crippen molar-refractivity contribution >= 4 is 11.9 Å². The van der Waals surface area contributed by atoms with Crippen LogP contribution in [0.2, 0.25) is 0 Å². The van der Waals surface area contributed by atoms with E-state index in [1.807, 2.05) is 12.1 Å². The number of unbranched alkanes of at least 4 members (excludes halogenated alkanes) is 6. The third-order valence-corrected chi connectivity index (χ3v) is 4.73. The van der Waals surface area contributed by atoms with Gasteiger partial charge in [0.1, 0.15) is 0 Å². The molecule has 1 aromatic rings. The van der Waals surface area contributed by atoms with Crippen molar-refractivity contribution in [2.75, 3.05) is 0 Å². The predicted octanol–water partition coefficient (Wildman–Crippen LogP) is 6.74. The molecule has 0 saturated heterocycles. The first kappa shape index (κ1) is 24.2. The first-order valence-electron chi connectivity index (χ1n) is 10.8. The molecule has 4 heteroatoms. The monoisotopic (exact) mass is 390 g/mol. The number of carbonyl (C=O) groups is 2. The summed E-state index contributed by atoms with van der Waals surface area (Å²) >= 11 is 0. The van der Waals surface area contributed by atoms with E-state index in [2.05, 4.69) is 34.6 Å². The molecular formula is C24H38O4. The molecule has 0 unspecified atom stereocenters. The maximum atomic E-state index is 12.3. The summed E-state index contributed by atoms with van der Waals surface area (Å²) in [5.41, 5.74) is 0.939. The highest BCUT2D eigenvalue weighted by molar-refractivity contribution is 5.76. The molecule has 0 spiro atoms. The summed E-state index contributed by atoms with van der Waals surface area (Å²) in [6.45, 7) is 10.6. The summed E-state index contributed by atoms with van der Waals surface area (Å²) in [4.78, 5) is 24.4. The molecule has 0 heterocycles. The van der Waals surface area contributed by atoms with Crippen LogP contribution in [0.4, 0.5) is 0 Å². The quantitative estimate of drug-likeness (QED) is 0.225.